The lowest BCUT2D eigenvalue weighted by Gasteiger charge is -2.19. The van der Waals surface area contributed by atoms with E-state index in [1.807, 2.05) is 0 Å². The van der Waals surface area contributed by atoms with Crippen LogP contribution in [-0.4, -0.2) is 31.3 Å². The van der Waals surface area contributed by atoms with Crippen LogP contribution in [0.2, 0.25) is 0 Å². The fraction of sp³-hybridized carbons (Fsp3) is 0.700. The highest BCUT2D eigenvalue weighted by molar-refractivity contribution is 7.15. The SMILES string of the molecule is CN(CC1CCCO1)c1ncc(C(F)(F)F)s1. The van der Waals surface area contributed by atoms with Crippen LogP contribution in [0, 0.1) is 0 Å². The van der Waals surface area contributed by atoms with Gasteiger partial charge in [0.25, 0.3) is 0 Å². The van der Waals surface area contributed by atoms with E-state index in [4.69, 9.17) is 4.74 Å². The molecule has 0 aromatic carbocycles. The molecule has 2 rings (SSSR count). The number of rotatable bonds is 3. The predicted molar refractivity (Wildman–Crippen MR) is 59.4 cm³/mol. The van der Waals surface area contributed by atoms with Gasteiger partial charge in [-0.15, -0.1) is 0 Å². The van der Waals surface area contributed by atoms with Gasteiger partial charge in [0, 0.05) is 20.2 Å². The first-order valence-corrected chi connectivity index (χ1v) is 6.14. The van der Waals surface area contributed by atoms with Crippen LogP contribution >= 0.6 is 11.3 Å². The maximum atomic E-state index is 12.4. The first-order chi connectivity index (χ1) is 7.97. The lowest BCUT2D eigenvalue weighted by molar-refractivity contribution is -0.134. The number of aromatic nitrogens is 1. The lowest BCUT2D eigenvalue weighted by Crippen LogP contribution is -2.28. The van der Waals surface area contributed by atoms with E-state index in [1.54, 1.807) is 11.9 Å². The van der Waals surface area contributed by atoms with Crippen molar-refractivity contribution in [2.24, 2.45) is 0 Å². The fourth-order valence-corrected chi connectivity index (χ4v) is 2.50. The van der Waals surface area contributed by atoms with Gasteiger partial charge in [0.1, 0.15) is 4.88 Å². The largest absolute Gasteiger partial charge is 0.427 e. The zero-order chi connectivity index (χ0) is 12.5. The highest BCUT2D eigenvalue weighted by atomic mass is 32.1. The van der Waals surface area contributed by atoms with Crippen molar-refractivity contribution in [3.63, 3.8) is 0 Å². The Morgan fingerprint density at radius 1 is 1.59 bits per heavy atom. The Morgan fingerprint density at radius 2 is 2.35 bits per heavy atom. The van der Waals surface area contributed by atoms with Crippen LogP contribution in [0.5, 0.6) is 0 Å². The first kappa shape index (κ1) is 12.6. The Balaban J connectivity index is 1.99. The van der Waals surface area contributed by atoms with E-state index < -0.39 is 11.1 Å². The van der Waals surface area contributed by atoms with Crippen LogP contribution < -0.4 is 4.90 Å². The molecular formula is C10H13F3N2OS. The van der Waals surface area contributed by atoms with E-state index in [0.29, 0.717) is 23.0 Å². The van der Waals surface area contributed by atoms with Crippen molar-refractivity contribution >= 4 is 16.5 Å². The maximum Gasteiger partial charge on any atom is 0.427 e. The summed E-state index contributed by atoms with van der Waals surface area (Å²) >= 11 is 0.666. The van der Waals surface area contributed by atoms with Crippen LogP contribution in [-0.2, 0) is 10.9 Å². The molecule has 1 unspecified atom stereocenters. The summed E-state index contributed by atoms with van der Waals surface area (Å²) in [6.07, 6.45) is -1.34. The van der Waals surface area contributed by atoms with E-state index in [1.165, 1.54) is 0 Å². The molecular weight excluding hydrogens is 253 g/mol. The molecule has 0 saturated carbocycles. The lowest BCUT2D eigenvalue weighted by atomic mass is 10.2. The minimum atomic E-state index is -4.30. The second-order valence-electron chi connectivity index (χ2n) is 4.02. The summed E-state index contributed by atoms with van der Waals surface area (Å²) in [7, 11) is 1.74. The Morgan fingerprint density at radius 3 is 2.88 bits per heavy atom. The van der Waals surface area contributed by atoms with Gasteiger partial charge in [-0.05, 0) is 12.8 Å². The topological polar surface area (TPSA) is 25.4 Å². The van der Waals surface area contributed by atoms with Crippen molar-refractivity contribution in [3.05, 3.63) is 11.1 Å². The standard InChI is InChI=1S/C10H13F3N2OS/c1-15(6-7-3-2-4-16-7)9-14-5-8(17-9)10(11,12)13/h5,7H,2-4,6H2,1H3. The molecule has 3 nitrogen and oxygen atoms in total. The number of hydrogen-bond donors (Lipinski definition) is 0. The molecule has 1 aromatic rings. The predicted octanol–water partition coefficient (Wildman–Crippen LogP) is 2.78. The average Bonchev–Trinajstić information content (AvgIpc) is 2.85. The number of ether oxygens (including phenoxy) is 1. The Kier molecular flexibility index (Phi) is 3.58. The van der Waals surface area contributed by atoms with Crippen molar-refractivity contribution in [2.45, 2.75) is 25.1 Å². The summed E-state index contributed by atoms with van der Waals surface area (Å²) in [5.41, 5.74) is 0. The zero-order valence-electron chi connectivity index (χ0n) is 9.33. The summed E-state index contributed by atoms with van der Waals surface area (Å²) in [6.45, 7) is 1.33. The van der Waals surface area contributed by atoms with E-state index in [-0.39, 0.29) is 6.10 Å². The molecule has 2 heterocycles. The molecule has 0 spiro atoms. The van der Waals surface area contributed by atoms with Crippen molar-refractivity contribution in [1.29, 1.82) is 0 Å². The zero-order valence-corrected chi connectivity index (χ0v) is 10.1. The Hall–Kier alpha value is -0.820. The number of nitrogens with zero attached hydrogens (tertiary/aromatic N) is 2. The number of anilines is 1. The molecule has 1 saturated heterocycles. The van der Waals surface area contributed by atoms with Gasteiger partial charge in [-0.25, -0.2) is 4.98 Å². The number of thiazole rings is 1. The number of hydrogen-bond acceptors (Lipinski definition) is 4. The minimum absolute atomic E-state index is 0.109. The molecule has 1 aliphatic heterocycles. The maximum absolute atomic E-state index is 12.4. The summed E-state index contributed by atoms with van der Waals surface area (Å²) in [5, 5.41) is 0.382. The Labute approximate surface area is 101 Å². The third-order valence-corrected chi connectivity index (χ3v) is 3.76. The normalized spacial score (nSPS) is 20.8. The average molecular weight is 266 g/mol. The number of likely N-dealkylation sites (N-methyl/N-ethyl adjacent to an activating group) is 1. The van der Waals surface area contributed by atoms with Gasteiger partial charge in [0.2, 0.25) is 0 Å². The van der Waals surface area contributed by atoms with Crippen molar-refractivity contribution in [1.82, 2.24) is 4.98 Å². The smallest absolute Gasteiger partial charge is 0.376 e. The molecule has 1 aliphatic rings. The number of halogens is 3. The third kappa shape index (κ3) is 3.10. The van der Waals surface area contributed by atoms with Crippen molar-refractivity contribution < 1.29 is 17.9 Å². The molecule has 17 heavy (non-hydrogen) atoms. The van der Waals surface area contributed by atoms with Gasteiger partial charge in [0.15, 0.2) is 5.13 Å². The highest BCUT2D eigenvalue weighted by Crippen LogP contribution is 2.36. The molecule has 0 amide bonds. The van der Waals surface area contributed by atoms with Gasteiger partial charge in [-0.2, -0.15) is 13.2 Å². The molecule has 7 heteroatoms. The summed E-state index contributed by atoms with van der Waals surface area (Å²) in [5.74, 6) is 0. The van der Waals surface area contributed by atoms with E-state index in [9.17, 15) is 13.2 Å². The molecule has 0 aliphatic carbocycles. The second kappa shape index (κ2) is 4.81. The highest BCUT2D eigenvalue weighted by Gasteiger charge is 2.33. The third-order valence-electron chi connectivity index (χ3n) is 2.60. The van der Waals surface area contributed by atoms with E-state index in [0.717, 1.165) is 25.6 Å². The minimum Gasteiger partial charge on any atom is -0.376 e. The van der Waals surface area contributed by atoms with E-state index >= 15 is 0 Å². The van der Waals surface area contributed by atoms with Gasteiger partial charge < -0.3 is 9.64 Å². The molecule has 0 N–H and O–H groups in total. The summed E-state index contributed by atoms with van der Waals surface area (Å²) in [4.78, 5) is 4.85. The first-order valence-electron chi connectivity index (χ1n) is 5.32. The summed E-state index contributed by atoms with van der Waals surface area (Å²) in [6, 6.07) is 0. The van der Waals surface area contributed by atoms with Crippen LogP contribution in [0.1, 0.15) is 17.7 Å². The molecule has 1 aromatic heterocycles. The van der Waals surface area contributed by atoms with Gasteiger partial charge >= 0.3 is 6.18 Å². The fourth-order valence-electron chi connectivity index (χ4n) is 1.74. The monoisotopic (exact) mass is 266 g/mol. The van der Waals surface area contributed by atoms with Crippen LogP contribution in [0.4, 0.5) is 18.3 Å². The quantitative estimate of drug-likeness (QED) is 0.841. The van der Waals surface area contributed by atoms with Crippen molar-refractivity contribution in [3.8, 4) is 0 Å². The van der Waals surface area contributed by atoms with E-state index in [2.05, 4.69) is 4.98 Å². The molecule has 1 fully saturated rings. The summed E-state index contributed by atoms with van der Waals surface area (Å²) < 4.78 is 42.6. The van der Waals surface area contributed by atoms with Gasteiger partial charge in [-0.1, -0.05) is 11.3 Å². The van der Waals surface area contributed by atoms with Crippen LogP contribution in [0.15, 0.2) is 6.20 Å². The van der Waals surface area contributed by atoms with Crippen LogP contribution in [0.3, 0.4) is 0 Å². The van der Waals surface area contributed by atoms with Gasteiger partial charge in [0.05, 0.1) is 12.3 Å². The second-order valence-corrected chi connectivity index (χ2v) is 5.03. The molecule has 1 atom stereocenters. The molecule has 0 radical (unpaired) electrons. The van der Waals surface area contributed by atoms with Crippen LogP contribution in [0.25, 0.3) is 0 Å². The van der Waals surface area contributed by atoms with Crippen molar-refractivity contribution in [2.75, 3.05) is 25.1 Å². The number of alkyl halides is 3. The molecule has 0 bridgehead atoms. The molecule has 96 valence electrons. The Bertz CT molecular complexity index is 374. The van der Waals surface area contributed by atoms with Gasteiger partial charge in [-0.3, -0.25) is 0 Å².